The van der Waals surface area contributed by atoms with Crippen LogP contribution in [0.4, 0.5) is 4.39 Å². The van der Waals surface area contributed by atoms with Gasteiger partial charge in [-0.2, -0.15) is 0 Å². The maximum atomic E-state index is 13.0. The summed E-state index contributed by atoms with van der Waals surface area (Å²) in [6, 6.07) is 2.69. The van der Waals surface area contributed by atoms with Gasteiger partial charge in [0.1, 0.15) is 5.82 Å². The summed E-state index contributed by atoms with van der Waals surface area (Å²) in [5.74, 6) is -0.564. The van der Waals surface area contributed by atoms with E-state index in [2.05, 4.69) is 0 Å². The fraction of sp³-hybridized carbons (Fsp3) is 0.364. The van der Waals surface area contributed by atoms with E-state index in [1.165, 1.54) is 12.1 Å². The van der Waals surface area contributed by atoms with Crippen molar-refractivity contribution in [1.82, 2.24) is 0 Å². The van der Waals surface area contributed by atoms with E-state index in [0.29, 0.717) is 11.1 Å². The standard InChI is InChI=1S/C11H12ClFO/c1-6(2)11(14)8-4-7(3)10(13)5-9(8)12/h4-6H,1-3H3. The fourth-order valence-electron chi connectivity index (χ4n) is 1.16. The molecule has 3 heteroatoms. The molecule has 0 atom stereocenters. The second-order valence-corrected chi connectivity index (χ2v) is 4.01. The summed E-state index contributed by atoms with van der Waals surface area (Å²) in [5.41, 5.74) is 0.846. The lowest BCUT2D eigenvalue weighted by Gasteiger charge is -2.07. The third kappa shape index (κ3) is 2.13. The Balaban J connectivity index is 3.22. The molecule has 0 saturated carbocycles. The number of hydrogen-bond donors (Lipinski definition) is 0. The predicted molar refractivity (Wildman–Crippen MR) is 55.3 cm³/mol. The van der Waals surface area contributed by atoms with Gasteiger partial charge in [0.15, 0.2) is 5.78 Å². The van der Waals surface area contributed by atoms with Crippen molar-refractivity contribution in [1.29, 1.82) is 0 Å². The van der Waals surface area contributed by atoms with E-state index >= 15 is 0 Å². The molecular weight excluding hydrogens is 203 g/mol. The lowest BCUT2D eigenvalue weighted by Crippen LogP contribution is -2.08. The Morgan fingerprint density at radius 2 is 2.00 bits per heavy atom. The molecule has 0 aliphatic heterocycles. The highest BCUT2D eigenvalue weighted by Crippen LogP contribution is 2.22. The van der Waals surface area contributed by atoms with Crippen LogP contribution in [-0.4, -0.2) is 5.78 Å². The van der Waals surface area contributed by atoms with Crippen molar-refractivity contribution in [2.45, 2.75) is 20.8 Å². The van der Waals surface area contributed by atoms with Crippen molar-refractivity contribution in [3.63, 3.8) is 0 Å². The summed E-state index contributed by atoms with van der Waals surface area (Å²) >= 11 is 5.78. The van der Waals surface area contributed by atoms with Crippen LogP contribution in [0.1, 0.15) is 29.8 Å². The highest BCUT2D eigenvalue weighted by Gasteiger charge is 2.15. The third-order valence-corrected chi connectivity index (χ3v) is 2.35. The van der Waals surface area contributed by atoms with E-state index in [9.17, 15) is 9.18 Å². The van der Waals surface area contributed by atoms with Crippen molar-refractivity contribution in [2.75, 3.05) is 0 Å². The molecule has 0 aromatic heterocycles. The van der Waals surface area contributed by atoms with Gasteiger partial charge in [0, 0.05) is 11.5 Å². The van der Waals surface area contributed by atoms with E-state index in [1.807, 2.05) is 0 Å². The van der Waals surface area contributed by atoms with E-state index in [1.54, 1.807) is 20.8 Å². The summed E-state index contributed by atoms with van der Waals surface area (Å²) in [7, 11) is 0. The Hall–Kier alpha value is -0.890. The first-order valence-corrected chi connectivity index (χ1v) is 4.81. The number of rotatable bonds is 2. The van der Waals surface area contributed by atoms with Crippen LogP contribution in [0.2, 0.25) is 5.02 Å². The molecule has 1 rings (SSSR count). The Morgan fingerprint density at radius 3 is 2.50 bits per heavy atom. The zero-order valence-electron chi connectivity index (χ0n) is 8.40. The van der Waals surface area contributed by atoms with Crippen molar-refractivity contribution in [3.8, 4) is 0 Å². The Kier molecular flexibility index (Phi) is 3.27. The van der Waals surface area contributed by atoms with Crippen molar-refractivity contribution in [2.24, 2.45) is 5.92 Å². The minimum atomic E-state index is -0.379. The fourth-order valence-corrected chi connectivity index (χ4v) is 1.40. The summed E-state index contributed by atoms with van der Waals surface area (Å²) in [6.45, 7) is 5.19. The quantitative estimate of drug-likeness (QED) is 0.688. The van der Waals surface area contributed by atoms with Crippen LogP contribution in [0.25, 0.3) is 0 Å². The molecule has 0 saturated heterocycles. The Morgan fingerprint density at radius 1 is 1.43 bits per heavy atom. The second kappa shape index (κ2) is 4.09. The van der Waals surface area contributed by atoms with Crippen LogP contribution in [0, 0.1) is 18.7 Å². The first-order valence-electron chi connectivity index (χ1n) is 4.43. The maximum absolute atomic E-state index is 13.0. The molecule has 0 fully saturated rings. The van der Waals surface area contributed by atoms with Crippen LogP contribution in [-0.2, 0) is 0 Å². The molecule has 0 radical (unpaired) electrons. The summed E-state index contributed by atoms with van der Waals surface area (Å²) in [4.78, 5) is 11.6. The molecule has 76 valence electrons. The zero-order chi connectivity index (χ0) is 10.9. The Bertz CT molecular complexity index is 372. The SMILES string of the molecule is Cc1cc(C(=O)C(C)C)c(Cl)cc1F. The monoisotopic (exact) mass is 214 g/mol. The first-order chi connectivity index (χ1) is 6.43. The van der Waals surface area contributed by atoms with Gasteiger partial charge in [0.2, 0.25) is 0 Å². The van der Waals surface area contributed by atoms with Crippen molar-refractivity contribution >= 4 is 17.4 Å². The van der Waals surface area contributed by atoms with Crippen LogP contribution >= 0.6 is 11.6 Å². The van der Waals surface area contributed by atoms with Gasteiger partial charge in [-0.05, 0) is 24.6 Å². The molecule has 0 heterocycles. The molecule has 0 unspecified atom stereocenters. The molecule has 14 heavy (non-hydrogen) atoms. The minimum absolute atomic E-state index is 0.0573. The number of benzene rings is 1. The van der Waals surface area contributed by atoms with E-state index in [0.717, 1.165) is 0 Å². The van der Waals surface area contributed by atoms with Gasteiger partial charge in [-0.1, -0.05) is 25.4 Å². The first kappa shape index (κ1) is 11.2. The molecule has 1 aromatic rings. The van der Waals surface area contributed by atoms with Gasteiger partial charge >= 0.3 is 0 Å². The van der Waals surface area contributed by atoms with Crippen LogP contribution in [0.5, 0.6) is 0 Å². The summed E-state index contributed by atoms with van der Waals surface area (Å²) in [5, 5.41) is 0.187. The predicted octanol–water partition coefficient (Wildman–Crippen LogP) is 3.63. The van der Waals surface area contributed by atoms with Crippen LogP contribution in [0.15, 0.2) is 12.1 Å². The summed E-state index contributed by atoms with van der Waals surface area (Å²) in [6.07, 6.45) is 0. The Labute approximate surface area is 87.9 Å². The number of aryl methyl sites for hydroxylation is 1. The number of Topliss-reactive ketones (excluding diaryl/α,β-unsaturated/α-hetero) is 1. The van der Waals surface area contributed by atoms with E-state index in [4.69, 9.17) is 11.6 Å². The largest absolute Gasteiger partial charge is 0.294 e. The number of halogens is 2. The summed E-state index contributed by atoms with van der Waals surface area (Å²) < 4.78 is 13.0. The average Bonchev–Trinajstić information content (AvgIpc) is 2.10. The topological polar surface area (TPSA) is 17.1 Å². The molecule has 0 aliphatic carbocycles. The smallest absolute Gasteiger partial charge is 0.166 e. The normalized spacial score (nSPS) is 10.7. The number of carbonyl (C=O) groups is 1. The molecule has 0 bridgehead atoms. The van der Waals surface area contributed by atoms with Gasteiger partial charge in [0.25, 0.3) is 0 Å². The van der Waals surface area contributed by atoms with E-state index < -0.39 is 0 Å². The number of carbonyl (C=O) groups excluding carboxylic acids is 1. The maximum Gasteiger partial charge on any atom is 0.166 e. The highest BCUT2D eigenvalue weighted by atomic mass is 35.5. The molecule has 1 aromatic carbocycles. The lowest BCUT2D eigenvalue weighted by molar-refractivity contribution is 0.0939. The van der Waals surface area contributed by atoms with Crippen LogP contribution in [0.3, 0.4) is 0 Å². The van der Waals surface area contributed by atoms with Gasteiger partial charge < -0.3 is 0 Å². The second-order valence-electron chi connectivity index (χ2n) is 3.60. The molecular formula is C11H12ClFO. The van der Waals surface area contributed by atoms with Gasteiger partial charge in [0.05, 0.1) is 5.02 Å². The van der Waals surface area contributed by atoms with E-state index in [-0.39, 0.29) is 22.5 Å². The molecule has 0 aliphatic rings. The van der Waals surface area contributed by atoms with Gasteiger partial charge in [-0.15, -0.1) is 0 Å². The van der Waals surface area contributed by atoms with Gasteiger partial charge in [-0.3, -0.25) is 4.79 Å². The highest BCUT2D eigenvalue weighted by molar-refractivity contribution is 6.34. The van der Waals surface area contributed by atoms with Crippen molar-refractivity contribution < 1.29 is 9.18 Å². The minimum Gasteiger partial charge on any atom is -0.294 e. The average molecular weight is 215 g/mol. The van der Waals surface area contributed by atoms with Gasteiger partial charge in [-0.25, -0.2) is 4.39 Å². The molecule has 0 N–H and O–H groups in total. The number of ketones is 1. The third-order valence-electron chi connectivity index (χ3n) is 2.04. The molecule has 0 spiro atoms. The molecule has 0 amide bonds. The lowest BCUT2D eigenvalue weighted by atomic mass is 9.99. The van der Waals surface area contributed by atoms with Crippen LogP contribution < -0.4 is 0 Å². The zero-order valence-corrected chi connectivity index (χ0v) is 9.15. The molecule has 1 nitrogen and oxygen atoms in total. The number of hydrogen-bond acceptors (Lipinski definition) is 1. The van der Waals surface area contributed by atoms with Crippen molar-refractivity contribution in [3.05, 3.63) is 34.1 Å².